The van der Waals surface area contributed by atoms with E-state index in [9.17, 15) is 0 Å². The van der Waals surface area contributed by atoms with Crippen molar-refractivity contribution in [2.24, 2.45) is 0 Å². The summed E-state index contributed by atoms with van der Waals surface area (Å²) in [5, 5.41) is 25.4. The number of tetrazole rings is 1. The lowest BCUT2D eigenvalue weighted by atomic mass is 10.1. The number of nitrogens with zero attached hydrogens (tertiary/aromatic N) is 4. The van der Waals surface area contributed by atoms with Crippen LogP contribution in [-0.4, -0.2) is 20.6 Å². The molecule has 19 heavy (non-hydrogen) atoms. The van der Waals surface area contributed by atoms with Crippen molar-refractivity contribution in [3.05, 3.63) is 39.8 Å². The third-order valence-corrected chi connectivity index (χ3v) is 3.44. The molecule has 0 radical (unpaired) electrons. The largest absolute Gasteiger partial charge is 0.360 e. The number of aromatic amines is 1. The fourth-order valence-corrected chi connectivity index (χ4v) is 1.97. The van der Waals surface area contributed by atoms with Crippen LogP contribution in [-0.2, 0) is 0 Å². The van der Waals surface area contributed by atoms with E-state index in [2.05, 4.69) is 41.9 Å². The Balaban J connectivity index is 2.27. The van der Waals surface area contributed by atoms with Gasteiger partial charge in [-0.25, -0.2) is 0 Å². The first kappa shape index (κ1) is 13.2. The summed E-state index contributed by atoms with van der Waals surface area (Å²) in [6.45, 7) is 3.99. The first-order chi connectivity index (χ1) is 9.11. The van der Waals surface area contributed by atoms with Crippen molar-refractivity contribution in [2.75, 3.05) is 5.32 Å². The summed E-state index contributed by atoms with van der Waals surface area (Å²) >= 11 is 3.48. The Hall–Kier alpha value is -2.20. The van der Waals surface area contributed by atoms with E-state index in [1.807, 2.05) is 32.0 Å². The molecule has 0 fully saturated rings. The molecular formula is C12H11BrN6. The van der Waals surface area contributed by atoms with Gasteiger partial charge in [0.05, 0.1) is 0 Å². The second kappa shape index (κ2) is 5.63. The van der Waals surface area contributed by atoms with Gasteiger partial charge in [-0.1, -0.05) is 15.9 Å². The maximum absolute atomic E-state index is 9.06. The molecule has 2 rings (SSSR count). The molecule has 0 saturated heterocycles. The fraction of sp³-hybridized carbons (Fsp3) is 0.167. The minimum Gasteiger partial charge on any atom is -0.360 e. The Labute approximate surface area is 118 Å². The number of benzene rings is 1. The summed E-state index contributed by atoms with van der Waals surface area (Å²) in [6, 6.07) is 6.05. The maximum atomic E-state index is 9.06. The zero-order valence-electron chi connectivity index (χ0n) is 10.4. The van der Waals surface area contributed by atoms with Crippen LogP contribution >= 0.6 is 15.9 Å². The highest BCUT2D eigenvalue weighted by Gasteiger charge is 2.06. The number of allylic oxidation sites excluding steroid dienone is 1. The Bertz CT molecular complexity index is 654. The first-order valence-corrected chi connectivity index (χ1v) is 6.28. The van der Waals surface area contributed by atoms with E-state index in [4.69, 9.17) is 5.26 Å². The number of hydrogen-bond donors (Lipinski definition) is 2. The molecule has 0 atom stereocenters. The third kappa shape index (κ3) is 2.98. The van der Waals surface area contributed by atoms with Crippen molar-refractivity contribution in [1.29, 1.82) is 5.26 Å². The zero-order chi connectivity index (χ0) is 13.8. The Morgan fingerprint density at radius 2 is 2.21 bits per heavy atom. The summed E-state index contributed by atoms with van der Waals surface area (Å²) < 4.78 is 1.05. The number of hydrogen-bond acceptors (Lipinski definition) is 5. The molecule has 0 aliphatic carbocycles. The third-order valence-electron chi connectivity index (χ3n) is 2.58. The number of aromatic nitrogens is 4. The monoisotopic (exact) mass is 318 g/mol. The van der Waals surface area contributed by atoms with Crippen LogP contribution in [0.15, 0.2) is 22.8 Å². The van der Waals surface area contributed by atoms with Crippen LogP contribution in [0.1, 0.15) is 17.0 Å². The van der Waals surface area contributed by atoms with Crippen molar-refractivity contribution in [2.45, 2.75) is 13.8 Å². The van der Waals surface area contributed by atoms with Crippen LogP contribution < -0.4 is 5.32 Å². The van der Waals surface area contributed by atoms with Gasteiger partial charge in [-0.2, -0.15) is 10.5 Å². The van der Waals surface area contributed by atoms with E-state index < -0.39 is 0 Å². The summed E-state index contributed by atoms with van der Waals surface area (Å²) in [6.07, 6.45) is 1.57. The summed E-state index contributed by atoms with van der Waals surface area (Å²) in [4.78, 5) is 0. The zero-order valence-corrected chi connectivity index (χ0v) is 12.0. The topological polar surface area (TPSA) is 90.3 Å². The molecule has 6 nitrogen and oxygen atoms in total. The Kier molecular flexibility index (Phi) is 3.92. The lowest BCUT2D eigenvalue weighted by Gasteiger charge is -2.08. The standard InChI is InChI=1S/C12H11BrN6/c1-7-4-11(8(2)3-10(7)13)15-6-9(5-14)12-16-18-19-17-12/h3-4,6,15H,1-2H3,(H,16,17,18,19). The highest BCUT2D eigenvalue weighted by Crippen LogP contribution is 2.24. The molecule has 0 aliphatic heterocycles. The molecule has 0 unspecified atom stereocenters. The van der Waals surface area contributed by atoms with Crippen LogP contribution in [0.4, 0.5) is 5.69 Å². The lowest BCUT2D eigenvalue weighted by molar-refractivity contribution is 0.881. The normalized spacial score (nSPS) is 11.2. The minimum atomic E-state index is 0.265. The minimum absolute atomic E-state index is 0.265. The van der Waals surface area contributed by atoms with Gasteiger partial charge in [0, 0.05) is 16.4 Å². The van der Waals surface area contributed by atoms with Gasteiger partial charge in [0.25, 0.3) is 0 Å². The molecular weight excluding hydrogens is 308 g/mol. The number of nitrogens with one attached hydrogen (secondary N) is 2. The van der Waals surface area contributed by atoms with E-state index in [-0.39, 0.29) is 5.82 Å². The predicted octanol–water partition coefficient (Wildman–Crippen LogP) is 2.56. The molecule has 0 spiro atoms. The lowest BCUT2D eigenvalue weighted by Crippen LogP contribution is -1.96. The van der Waals surface area contributed by atoms with Gasteiger partial charge >= 0.3 is 0 Å². The second-order valence-corrected chi connectivity index (χ2v) is 4.82. The van der Waals surface area contributed by atoms with E-state index in [1.165, 1.54) is 0 Å². The number of halogens is 1. The highest BCUT2D eigenvalue weighted by molar-refractivity contribution is 9.10. The molecule has 7 heteroatoms. The molecule has 0 aliphatic rings. The smallest absolute Gasteiger partial charge is 0.216 e. The molecule has 96 valence electrons. The van der Waals surface area contributed by atoms with Crippen LogP contribution in [0.3, 0.4) is 0 Å². The van der Waals surface area contributed by atoms with Crippen molar-refractivity contribution in [3.63, 3.8) is 0 Å². The maximum Gasteiger partial charge on any atom is 0.216 e. The summed E-state index contributed by atoms with van der Waals surface area (Å²) in [7, 11) is 0. The van der Waals surface area contributed by atoms with Gasteiger partial charge in [0.15, 0.2) is 0 Å². The van der Waals surface area contributed by atoms with Gasteiger partial charge in [-0.15, -0.1) is 10.2 Å². The predicted molar refractivity (Wildman–Crippen MR) is 75.0 cm³/mol. The van der Waals surface area contributed by atoms with Gasteiger partial charge in [-0.3, -0.25) is 0 Å². The number of H-pyrrole nitrogens is 1. The van der Waals surface area contributed by atoms with Crippen molar-refractivity contribution in [3.8, 4) is 6.07 Å². The van der Waals surface area contributed by atoms with Gasteiger partial charge in [-0.05, 0) is 42.3 Å². The molecule has 0 amide bonds. The van der Waals surface area contributed by atoms with Crippen LogP contribution in [0, 0.1) is 25.2 Å². The molecule has 1 heterocycles. The molecule has 0 saturated carbocycles. The van der Waals surface area contributed by atoms with Crippen LogP contribution in [0.2, 0.25) is 0 Å². The molecule has 2 N–H and O–H groups in total. The Morgan fingerprint density at radius 1 is 1.42 bits per heavy atom. The number of anilines is 1. The SMILES string of the molecule is Cc1cc(NC=C(C#N)c2nn[nH]n2)c(C)cc1Br. The highest BCUT2D eigenvalue weighted by atomic mass is 79.9. The van der Waals surface area contributed by atoms with Gasteiger partial charge < -0.3 is 5.32 Å². The van der Waals surface area contributed by atoms with Crippen LogP contribution in [0.25, 0.3) is 5.57 Å². The van der Waals surface area contributed by atoms with E-state index in [0.717, 1.165) is 21.3 Å². The number of nitriles is 1. The first-order valence-electron chi connectivity index (χ1n) is 5.49. The van der Waals surface area contributed by atoms with Crippen LogP contribution in [0.5, 0.6) is 0 Å². The van der Waals surface area contributed by atoms with E-state index >= 15 is 0 Å². The van der Waals surface area contributed by atoms with Gasteiger partial charge in [0.2, 0.25) is 5.82 Å². The molecule has 0 bridgehead atoms. The molecule has 2 aromatic rings. The van der Waals surface area contributed by atoms with Crippen molar-refractivity contribution in [1.82, 2.24) is 20.6 Å². The average Bonchev–Trinajstić information content (AvgIpc) is 2.90. The summed E-state index contributed by atoms with van der Waals surface area (Å²) in [5.41, 5.74) is 3.42. The summed E-state index contributed by atoms with van der Waals surface area (Å²) in [5.74, 6) is 0.265. The fourth-order valence-electron chi connectivity index (χ4n) is 1.51. The van der Waals surface area contributed by atoms with Crippen molar-refractivity contribution < 1.29 is 0 Å². The number of aryl methyl sites for hydroxylation is 2. The van der Waals surface area contributed by atoms with E-state index in [0.29, 0.717) is 5.57 Å². The number of rotatable bonds is 3. The molecule has 1 aromatic carbocycles. The van der Waals surface area contributed by atoms with E-state index in [1.54, 1.807) is 6.20 Å². The van der Waals surface area contributed by atoms with Gasteiger partial charge in [0.1, 0.15) is 11.6 Å². The molecule has 1 aromatic heterocycles. The average molecular weight is 319 g/mol. The quantitative estimate of drug-likeness (QED) is 0.849. The Morgan fingerprint density at radius 3 is 2.84 bits per heavy atom. The second-order valence-electron chi connectivity index (χ2n) is 3.97. The van der Waals surface area contributed by atoms with Crippen molar-refractivity contribution >= 4 is 27.2 Å².